The lowest BCUT2D eigenvalue weighted by atomic mass is 10.0. The average Bonchev–Trinajstić information content (AvgIpc) is 3.19. The second-order valence-electron chi connectivity index (χ2n) is 7.03. The third kappa shape index (κ3) is 4.01. The smallest absolute Gasteiger partial charge is 0.293 e. The topological polar surface area (TPSA) is 79.5 Å². The van der Waals surface area contributed by atoms with E-state index in [0.29, 0.717) is 18.7 Å². The van der Waals surface area contributed by atoms with Gasteiger partial charge < -0.3 is 9.80 Å². The van der Waals surface area contributed by atoms with E-state index in [4.69, 9.17) is 0 Å². The number of piperidine rings is 1. The summed E-state index contributed by atoms with van der Waals surface area (Å²) in [4.78, 5) is 30.6. The van der Waals surface area contributed by atoms with Gasteiger partial charge in [0, 0.05) is 56.4 Å². The quantitative estimate of drug-likeness (QED) is 0.648. The normalized spacial score (nSPS) is 15.8. The summed E-state index contributed by atoms with van der Waals surface area (Å²) in [5.41, 5.74) is 0.982. The predicted molar refractivity (Wildman–Crippen MR) is 105 cm³/mol. The number of aromatic nitrogens is 5. The number of amides is 1. The zero-order valence-electron chi connectivity index (χ0n) is 16.1. The lowest BCUT2D eigenvalue weighted by Crippen LogP contribution is -2.48. The summed E-state index contributed by atoms with van der Waals surface area (Å²) in [5.74, 6) is 0.519. The highest BCUT2D eigenvalue weighted by Gasteiger charge is 2.30. The van der Waals surface area contributed by atoms with E-state index in [1.165, 1.54) is 0 Å². The Labute approximate surface area is 164 Å². The fourth-order valence-electron chi connectivity index (χ4n) is 3.73. The highest BCUT2D eigenvalue weighted by Crippen LogP contribution is 2.19. The van der Waals surface area contributed by atoms with Gasteiger partial charge in [-0.15, -0.1) is 5.10 Å². The third-order valence-corrected chi connectivity index (χ3v) is 5.35. The standard InChI is InChI=1S/C20H25N7O/c1-2-25-13-8-17(9-14-25)26(15-7-16-6-3-4-10-21-16)19(28)18-23-20-22-11-5-12-27(20)24-18/h3-6,10-12,17H,2,7-9,13-15H2,1H3. The molecule has 28 heavy (non-hydrogen) atoms. The van der Waals surface area contributed by atoms with E-state index in [2.05, 4.69) is 31.9 Å². The molecule has 3 aromatic rings. The number of hydrogen-bond donors (Lipinski definition) is 0. The Kier molecular flexibility index (Phi) is 5.57. The molecule has 4 rings (SSSR count). The monoisotopic (exact) mass is 379 g/mol. The van der Waals surface area contributed by atoms with Crippen LogP contribution < -0.4 is 0 Å². The number of rotatable bonds is 6. The average molecular weight is 379 g/mol. The summed E-state index contributed by atoms with van der Waals surface area (Å²) in [5, 5.41) is 4.34. The first-order valence-corrected chi connectivity index (χ1v) is 9.85. The number of carbonyl (C=O) groups excluding carboxylic acids is 1. The van der Waals surface area contributed by atoms with Gasteiger partial charge in [-0.1, -0.05) is 13.0 Å². The second-order valence-corrected chi connectivity index (χ2v) is 7.03. The summed E-state index contributed by atoms with van der Waals surface area (Å²) in [7, 11) is 0. The number of fused-ring (bicyclic) bond motifs is 1. The fraction of sp³-hybridized carbons (Fsp3) is 0.450. The maximum atomic E-state index is 13.3. The molecule has 0 saturated carbocycles. The molecule has 8 heteroatoms. The van der Waals surface area contributed by atoms with Crippen LogP contribution in [0.5, 0.6) is 0 Å². The molecule has 0 atom stereocenters. The van der Waals surface area contributed by atoms with E-state index in [1.807, 2.05) is 23.1 Å². The molecule has 8 nitrogen and oxygen atoms in total. The van der Waals surface area contributed by atoms with Gasteiger partial charge in [-0.25, -0.2) is 9.50 Å². The molecule has 1 aliphatic rings. The van der Waals surface area contributed by atoms with Crippen LogP contribution in [0.4, 0.5) is 0 Å². The molecule has 0 radical (unpaired) electrons. The molecule has 0 spiro atoms. The van der Waals surface area contributed by atoms with Gasteiger partial charge in [-0.2, -0.15) is 4.98 Å². The Bertz CT molecular complexity index is 885. The van der Waals surface area contributed by atoms with Crippen molar-refractivity contribution in [2.24, 2.45) is 0 Å². The number of pyridine rings is 1. The van der Waals surface area contributed by atoms with E-state index in [-0.39, 0.29) is 17.8 Å². The summed E-state index contributed by atoms with van der Waals surface area (Å²) in [6, 6.07) is 7.84. The van der Waals surface area contributed by atoms with Crippen molar-refractivity contribution in [3.8, 4) is 0 Å². The van der Waals surface area contributed by atoms with Gasteiger partial charge >= 0.3 is 0 Å². The zero-order valence-corrected chi connectivity index (χ0v) is 16.1. The van der Waals surface area contributed by atoms with E-state index in [1.54, 1.807) is 29.2 Å². The molecule has 0 unspecified atom stereocenters. The van der Waals surface area contributed by atoms with Crippen molar-refractivity contribution < 1.29 is 4.79 Å². The first kappa shape index (κ1) is 18.5. The van der Waals surface area contributed by atoms with Crippen molar-refractivity contribution in [2.75, 3.05) is 26.2 Å². The summed E-state index contributed by atoms with van der Waals surface area (Å²) >= 11 is 0. The Morgan fingerprint density at radius 3 is 2.71 bits per heavy atom. The van der Waals surface area contributed by atoms with Crippen LogP contribution in [-0.4, -0.2) is 72.5 Å². The molecular formula is C20H25N7O. The Balaban J connectivity index is 1.55. The molecule has 4 heterocycles. The van der Waals surface area contributed by atoms with Crippen LogP contribution in [0.2, 0.25) is 0 Å². The summed E-state index contributed by atoms with van der Waals surface area (Å²) in [6.45, 7) is 5.85. The number of nitrogens with zero attached hydrogens (tertiary/aromatic N) is 7. The molecule has 1 aliphatic heterocycles. The van der Waals surface area contributed by atoms with E-state index in [9.17, 15) is 4.79 Å². The SMILES string of the molecule is CCN1CCC(N(CCc2ccccn2)C(=O)c2nc3ncccn3n2)CC1. The Hall–Kier alpha value is -2.87. The first-order chi connectivity index (χ1) is 13.7. The first-order valence-electron chi connectivity index (χ1n) is 9.85. The van der Waals surface area contributed by atoms with Gasteiger partial charge in [0.1, 0.15) is 0 Å². The Morgan fingerprint density at radius 2 is 2.00 bits per heavy atom. The van der Waals surface area contributed by atoms with Crippen molar-refractivity contribution in [2.45, 2.75) is 32.2 Å². The van der Waals surface area contributed by atoms with Crippen molar-refractivity contribution in [3.05, 3.63) is 54.4 Å². The lowest BCUT2D eigenvalue weighted by molar-refractivity contribution is 0.0567. The highest BCUT2D eigenvalue weighted by atomic mass is 16.2. The fourth-order valence-corrected chi connectivity index (χ4v) is 3.73. The van der Waals surface area contributed by atoms with Gasteiger partial charge in [-0.05, 0) is 37.6 Å². The molecule has 3 aromatic heterocycles. The Morgan fingerprint density at radius 1 is 1.18 bits per heavy atom. The van der Waals surface area contributed by atoms with Gasteiger partial charge in [-0.3, -0.25) is 9.78 Å². The van der Waals surface area contributed by atoms with Crippen LogP contribution in [0.1, 0.15) is 36.1 Å². The highest BCUT2D eigenvalue weighted by molar-refractivity contribution is 5.91. The maximum absolute atomic E-state index is 13.3. The van der Waals surface area contributed by atoms with E-state index in [0.717, 1.165) is 38.2 Å². The summed E-state index contributed by atoms with van der Waals surface area (Å²) in [6.07, 6.45) is 7.84. The second kappa shape index (κ2) is 8.43. The van der Waals surface area contributed by atoms with E-state index >= 15 is 0 Å². The molecule has 1 saturated heterocycles. The van der Waals surface area contributed by atoms with Gasteiger partial charge in [0.15, 0.2) is 0 Å². The largest absolute Gasteiger partial charge is 0.332 e. The van der Waals surface area contributed by atoms with Crippen molar-refractivity contribution in [3.63, 3.8) is 0 Å². The minimum atomic E-state index is -0.128. The molecular weight excluding hydrogens is 354 g/mol. The summed E-state index contributed by atoms with van der Waals surface area (Å²) < 4.78 is 1.55. The minimum Gasteiger partial charge on any atom is -0.332 e. The van der Waals surface area contributed by atoms with Crippen LogP contribution >= 0.6 is 0 Å². The van der Waals surface area contributed by atoms with Crippen molar-refractivity contribution in [1.29, 1.82) is 0 Å². The van der Waals surface area contributed by atoms with Crippen molar-refractivity contribution >= 4 is 11.7 Å². The van der Waals surface area contributed by atoms with Crippen LogP contribution in [0.25, 0.3) is 5.78 Å². The number of likely N-dealkylation sites (tertiary alicyclic amines) is 1. The lowest BCUT2D eigenvalue weighted by Gasteiger charge is -2.37. The molecule has 0 bridgehead atoms. The van der Waals surface area contributed by atoms with Gasteiger partial charge in [0.25, 0.3) is 11.7 Å². The van der Waals surface area contributed by atoms with Gasteiger partial charge in [0.2, 0.25) is 5.82 Å². The molecule has 0 aromatic carbocycles. The van der Waals surface area contributed by atoms with E-state index < -0.39 is 0 Å². The molecule has 0 aliphatic carbocycles. The number of hydrogen-bond acceptors (Lipinski definition) is 6. The molecule has 1 fully saturated rings. The van der Waals surface area contributed by atoms with Gasteiger partial charge in [0.05, 0.1) is 0 Å². The molecule has 1 amide bonds. The minimum absolute atomic E-state index is 0.128. The number of carbonyl (C=O) groups is 1. The molecule has 146 valence electrons. The molecule has 0 N–H and O–H groups in total. The van der Waals surface area contributed by atoms with Crippen LogP contribution in [-0.2, 0) is 6.42 Å². The maximum Gasteiger partial charge on any atom is 0.293 e. The van der Waals surface area contributed by atoms with Crippen LogP contribution in [0.3, 0.4) is 0 Å². The van der Waals surface area contributed by atoms with Crippen LogP contribution in [0.15, 0.2) is 42.9 Å². The third-order valence-electron chi connectivity index (χ3n) is 5.35. The zero-order chi connectivity index (χ0) is 19.3. The van der Waals surface area contributed by atoms with Crippen LogP contribution in [0, 0.1) is 0 Å². The predicted octanol–water partition coefficient (Wildman–Crippen LogP) is 1.69. The van der Waals surface area contributed by atoms with Crippen molar-refractivity contribution in [1.82, 2.24) is 34.4 Å².